The Hall–Kier alpha value is -2.68. The average molecular weight is 413 g/mol. The monoisotopic (exact) mass is 413 g/mol. The van der Waals surface area contributed by atoms with Crippen LogP contribution in [0.25, 0.3) is 0 Å². The number of benzene rings is 1. The van der Waals surface area contributed by atoms with Crippen molar-refractivity contribution in [1.29, 1.82) is 0 Å². The number of aliphatic hydroxyl groups is 1. The van der Waals surface area contributed by atoms with Crippen LogP contribution in [0.2, 0.25) is 0 Å². The van der Waals surface area contributed by atoms with E-state index in [1.807, 2.05) is 6.92 Å². The summed E-state index contributed by atoms with van der Waals surface area (Å²) in [7, 11) is 1.15. The van der Waals surface area contributed by atoms with Crippen LogP contribution in [0.5, 0.6) is 0 Å². The normalized spacial score (nSPS) is 40.0. The quantitative estimate of drug-likeness (QED) is 0.547. The predicted molar refractivity (Wildman–Crippen MR) is 103 cm³/mol. The Kier molecular flexibility index (Phi) is 4.57. The lowest BCUT2D eigenvalue weighted by Crippen LogP contribution is -2.61. The predicted octanol–water partition coefficient (Wildman–Crippen LogP) is 0.581. The Bertz CT molecular complexity index is 973. The molecule has 2 saturated heterocycles. The van der Waals surface area contributed by atoms with Crippen molar-refractivity contribution < 1.29 is 33.8 Å². The van der Waals surface area contributed by atoms with Gasteiger partial charge in [-0.2, -0.15) is 0 Å². The second-order valence-corrected chi connectivity index (χ2v) is 7.95. The molecule has 0 bridgehead atoms. The third kappa shape index (κ3) is 2.21. The number of ether oxygens (including phenoxy) is 2. The second kappa shape index (κ2) is 6.66. The molecule has 30 heavy (non-hydrogen) atoms. The number of amides is 1. The van der Waals surface area contributed by atoms with E-state index in [9.17, 15) is 24.3 Å². The number of ketones is 3. The van der Waals surface area contributed by atoms with Gasteiger partial charge in [0.25, 0.3) is 5.91 Å². The molecule has 2 spiro atoms. The van der Waals surface area contributed by atoms with E-state index in [0.717, 1.165) is 7.11 Å². The number of hydrogen-bond donors (Lipinski definition) is 2. The third-order valence-corrected chi connectivity index (χ3v) is 6.69. The molecule has 2 heterocycles. The fourth-order valence-corrected chi connectivity index (χ4v) is 5.01. The van der Waals surface area contributed by atoms with Crippen LogP contribution in [0.15, 0.2) is 42.5 Å². The molecule has 6 atom stereocenters. The Balaban J connectivity index is 1.82. The van der Waals surface area contributed by atoms with Crippen LogP contribution in [0.3, 0.4) is 0 Å². The van der Waals surface area contributed by atoms with E-state index in [0.29, 0.717) is 6.42 Å². The minimum atomic E-state index is -2.42. The summed E-state index contributed by atoms with van der Waals surface area (Å²) in [5.74, 6) is -4.34. The maximum absolute atomic E-state index is 13.4. The first-order valence-corrected chi connectivity index (χ1v) is 9.85. The first-order valence-electron chi connectivity index (χ1n) is 9.85. The molecule has 1 amide bonds. The highest BCUT2D eigenvalue weighted by atomic mass is 16.6. The van der Waals surface area contributed by atoms with Gasteiger partial charge in [0.1, 0.15) is 5.60 Å². The second-order valence-electron chi connectivity index (χ2n) is 7.95. The summed E-state index contributed by atoms with van der Waals surface area (Å²) >= 11 is 0. The van der Waals surface area contributed by atoms with Crippen molar-refractivity contribution in [3.8, 4) is 0 Å². The van der Waals surface area contributed by atoms with E-state index < -0.39 is 58.1 Å². The van der Waals surface area contributed by atoms with Crippen LogP contribution in [0, 0.1) is 11.8 Å². The lowest BCUT2D eigenvalue weighted by Gasteiger charge is -2.35. The van der Waals surface area contributed by atoms with Crippen molar-refractivity contribution in [2.75, 3.05) is 7.11 Å². The molecule has 2 N–H and O–H groups in total. The Morgan fingerprint density at radius 2 is 1.90 bits per heavy atom. The van der Waals surface area contributed by atoms with Crippen molar-refractivity contribution in [3.05, 3.63) is 48.0 Å². The molecule has 0 saturated carbocycles. The van der Waals surface area contributed by atoms with Gasteiger partial charge in [0.2, 0.25) is 17.1 Å². The Morgan fingerprint density at radius 3 is 2.50 bits per heavy atom. The number of carbonyl (C=O) groups excluding carboxylic acids is 4. The highest BCUT2D eigenvalue weighted by Crippen LogP contribution is 2.53. The molecule has 8 heteroatoms. The lowest BCUT2D eigenvalue weighted by atomic mass is 9.75. The van der Waals surface area contributed by atoms with Crippen LogP contribution < -0.4 is 5.32 Å². The minimum absolute atomic E-state index is 0.175. The molecule has 3 aliphatic rings. The van der Waals surface area contributed by atoms with Gasteiger partial charge in [0, 0.05) is 18.6 Å². The topological polar surface area (TPSA) is 119 Å². The number of rotatable bonds is 4. The molecule has 0 unspecified atom stereocenters. The van der Waals surface area contributed by atoms with Crippen molar-refractivity contribution in [2.24, 2.45) is 11.8 Å². The molecule has 1 aliphatic carbocycles. The van der Waals surface area contributed by atoms with Gasteiger partial charge in [0.15, 0.2) is 17.7 Å². The molecule has 0 aromatic heterocycles. The van der Waals surface area contributed by atoms with Crippen LogP contribution in [-0.2, 0) is 23.9 Å². The molecule has 4 rings (SSSR count). The molecule has 8 nitrogen and oxygen atoms in total. The number of carbonyl (C=O) groups is 4. The minimum Gasteiger partial charge on any atom is -0.383 e. The maximum Gasteiger partial charge on any atom is 0.265 e. The van der Waals surface area contributed by atoms with Gasteiger partial charge in [0.05, 0.1) is 5.92 Å². The van der Waals surface area contributed by atoms with E-state index in [4.69, 9.17) is 9.47 Å². The molecule has 1 aromatic carbocycles. The lowest BCUT2D eigenvalue weighted by molar-refractivity contribution is -0.189. The fourth-order valence-electron chi connectivity index (χ4n) is 5.01. The summed E-state index contributed by atoms with van der Waals surface area (Å²) in [6, 6.07) is 7.97. The number of aliphatic hydroxyl groups excluding tert-OH is 1. The van der Waals surface area contributed by atoms with Crippen LogP contribution in [0.4, 0.5) is 0 Å². The SMILES string of the molecule is CC[C@@H]1C=CC(=O)[C@@]12O[C@@]1(C(=O)N[C@](OC)(C(=O)c3ccccc3)[C@@H]1O)C(=O)[C@@H]2C. The third-order valence-electron chi connectivity index (χ3n) is 6.69. The van der Waals surface area contributed by atoms with E-state index >= 15 is 0 Å². The summed E-state index contributed by atoms with van der Waals surface area (Å²) in [5.41, 5.74) is -6.07. The van der Waals surface area contributed by atoms with Crippen molar-refractivity contribution in [2.45, 2.75) is 43.3 Å². The van der Waals surface area contributed by atoms with Gasteiger partial charge in [-0.15, -0.1) is 0 Å². The summed E-state index contributed by atoms with van der Waals surface area (Å²) in [6.45, 7) is 3.35. The molecule has 158 valence electrons. The number of hydrogen-bond acceptors (Lipinski definition) is 7. The summed E-state index contributed by atoms with van der Waals surface area (Å²) in [4.78, 5) is 52.5. The van der Waals surface area contributed by atoms with Crippen molar-refractivity contribution >= 4 is 23.3 Å². The summed E-state index contributed by atoms with van der Waals surface area (Å²) < 4.78 is 11.3. The molecular weight excluding hydrogens is 390 g/mol. The van der Waals surface area contributed by atoms with Gasteiger partial charge < -0.3 is 19.9 Å². The van der Waals surface area contributed by atoms with E-state index in [1.165, 1.54) is 25.1 Å². The first kappa shape index (κ1) is 20.6. The van der Waals surface area contributed by atoms with E-state index in [-0.39, 0.29) is 5.56 Å². The first-order chi connectivity index (χ1) is 14.2. The zero-order valence-electron chi connectivity index (χ0n) is 16.9. The molecule has 2 aliphatic heterocycles. The van der Waals surface area contributed by atoms with Crippen LogP contribution in [0.1, 0.15) is 30.6 Å². The highest BCUT2D eigenvalue weighted by molar-refractivity contribution is 6.21. The van der Waals surface area contributed by atoms with Gasteiger partial charge >= 0.3 is 0 Å². The number of methoxy groups -OCH3 is 1. The van der Waals surface area contributed by atoms with Gasteiger partial charge in [-0.1, -0.05) is 50.3 Å². The average Bonchev–Trinajstić information content (AvgIpc) is 3.29. The molecule has 1 aromatic rings. The molecular formula is C22H23NO7. The zero-order chi connectivity index (χ0) is 21.9. The Labute approximate surface area is 173 Å². The fraction of sp³-hybridized carbons (Fsp3) is 0.455. The van der Waals surface area contributed by atoms with E-state index in [2.05, 4.69) is 5.32 Å². The standard InChI is InChI=1S/C22H23NO7/c1-4-14-10-11-15(24)20(14)12(2)16(25)21(30-20)18(27)22(29-3,23-19(21)28)17(26)13-8-6-5-7-9-13/h5-12,14,18,27H,4H2,1-3H3,(H,23,28)/t12-,14+,18+,20-,21-,22-/m0/s1. The van der Waals surface area contributed by atoms with Crippen molar-refractivity contribution in [1.82, 2.24) is 5.32 Å². The highest BCUT2D eigenvalue weighted by Gasteiger charge is 2.79. The largest absolute Gasteiger partial charge is 0.383 e. The summed E-state index contributed by atoms with van der Waals surface area (Å²) in [5, 5.41) is 13.6. The van der Waals surface area contributed by atoms with Gasteiger partial charge in [-0.3, -0.25) is 19.2 Å². The smallest absolute Gasteiger partial charge is 0.265 e. The molecule has 2 fully saturated rings. The maximum atomic E-state index is 13.4. The Morgan fingerprint density at radius 1 is 1.23 bits per heavy atom. The number of nitrogens with one attached hydrogen (secondary N) is 1. The van der Waals surface area contributed by atoms with Gasteiger partial charge in [-0.25, -0.2) is 0 Å². The van der Waals surface area contributed by atoms with Gasteiger partial charge in [-0.05, 0) is 12.5 Å². The zero-order valence-corrected chi connectivity index (χ0v) is 16.9. The number of Topliss-reactive ketones (excluding diaryl/α,β-unsaturated/α-hetero) is 2. The summed E-state index contributed by atoms with van der Waals surface area (Å²) in [6.07, 6.45) is 1.50. The van der Waals surface area contributed by atoms with Crippen LogP contribution >= 0.6 is 0 Å². The van der Waals surface area contributed by atoms with E-state index in [1.54, 1.807) is 24.3 Å². The van der Waals surface area contributed by atoms with Crippen molar-refractivity contribution in [3.63, 3.8) is 0 Å². The molecule has 0 radical (unpaired) electrons. The van der Waals surface area contributed by atoms with Crippen LogP contribution in [-0.4, -0.2) is 58.5 Å².